The zero-order valence-corrected chi connectivity index (χ0v) is 19.3. The number of phenolic OH excluding ortho intramolecular Hbond substituents is 1. The van der Waals surface area contributed by atoms with Crippen LogP contribution in [0.4, 0.5) is 4.79 Å². The van der Waals surface area contributed by atoms with Crippen LogP contribution in [0.3, 0.4) is 0 Å². The summed E-state index contributed by atoms with van der Waals surface area (Å²) < 4.78 is 10.1. The van der Waals surface area contributed by atoms with Crippen molar-refractivity contribution in [3.63, 3.8) is 0 Å². The van der Waals surface area contributed by atoms with Crippen molar-refractivity contribution in [1.82, 2.24) is 10.6 Å². The smallest absolute Gasteiger partial charge is 0.408 e. The Bertz CT molecular complexity index is 1100. The predicted molar refractivity (Wildman–Crippen MR) is 129 cm³/mol. The number of nitrogens with one attached hydrogen (secondary N) is 2. The van der Waals surface area contributed by atoms with Crippen molar-refractivity contribution in [1.29, 1.82) is 0 Å². The van der Waals surface area contributed by atoms with E-state index in [1.54, 1.807) is 12.1 Å². The van der Waals surface area contributed by atoms with Crippen molar-refractivity contribution in [2.75, 3.05) is 7.11 Å². The molecule has 8 heteroatoms. The third-order valence-corrected chi connectivity index (χ3v) is 5.28. The lowest BCUT2D eigenvalue weighted by Crippen LogP contribution is -2.53. The lowest BCUT2D eigenvalue weighted by Gasteiger charge is -2.22. The number of carbonyl (C=O) groups is 3. The van der Waals surface area contributed by atoms with E-state index in [0.29, 0.717) is 5.56 Å². The first-order valence-electron chi connectivity index (χ1n) is 11.1. The van der Waals surface area contributed by atoms with Gasteiger partial charge in [0.05, 0.1) is 7.11 Å². The van der Waals surface area contributed by atoms with E-state index < -0.39 is 30.1 Å². The van der Waals surface area contributed by atoms with Crippen LogP contribution in [-0.4, -0.2) is 42.3 Å². The first kappa shape index (κ1) is 25.3. The number of hydrogen-bond donors (Lipinski definition) is 3. The standard InChI is InChI=1S/C27H28N2O6/c1-34-26(32)24(17-19-8-4-2-5-9-19)28-25(31)23(16-20-12-14-22(30)15-13-20)29-27(33)35-18-21-10-6-3-7-11-21/h2-15,23-24,30H,16-18H2,1H3,(H,28,31)(H,29,33)/t23-,24+/m0/s1. The Morgan fingerprint density at radius 3 is 1.89 bits per heavy atom. The first-order valence-corrected chi connectivity index (χ1v) is 11.1. The van der Waals surface area contributed by atoms with E-state index in [-0.39, 0.29) is 25.2 Å². The summed E-state index contributed by atoms with van der Waals surface area (Å²) in [7, 11) is 1.25. The number of amides is 2. The number of benzene rings is 3. The number of hydrogen-bond acceptors (Lipinski definition) is 6. The van der Waals surface area contributed by atoms with E-state index in [0.717, 1.165) is 11.1 Å². The summed E-state index contributed by atoms with van der Waals surface area (Å²) in [6, 6.07) is 22.7. The number of methoxy groups -OCH3 is 1. The van der Waals surface area contributed by atoms with Gasteiger partial charge in [0, 0.05) is 12.8 Å². The van der Waals surface area contributed by atoms with Gasteiger partial charge in [0.2, 0.25) is 5.91 Å². The Kier molecular flexibility index (Phi) is 9.24. The Morgan fingerprint density at radius 2 is 1.29 bits per heavy atom. The molecule has 0 aliphatic rings. The molecule has 0 fully saturated rings. The minimum atomic E-state index is -1.04. The van der Waals surface area contributed by atoms with E-state index in [1.807, 2.05) is 60.7 Å². The highest BCUT2D eigenvalue weighted by atomic mass is 16.5. The zero-order valence-electron chi connectivity index (χ0n) is 19.3. The van der Waals surface area contributed by atoms with E-state index in [4.69, 9.17) is 9.47 Å². The van der Waals surface area contributed by atoms with Crippen molar-refractivity contribution in [3.8, 4) is 5.75 Å². The maximum absolute atomic E-state index is 13.2. The average molecular weight is 477 g/mol. The molecule has 3 N–H and O–H groups in total. The summed E-state index contributed by atoms with van der Waals surface area (Å²) in [4.78, 5) is 38.1. The predicted octanol–water partition coefficient (Wildman–Crippen LogP) is 3.13. The highest BCUT2D eigenvalue weighted by Crippen LogP contribution is 2.12. The summed E-state index contributed by atoms with van der Waals surface area (Å²) in [5, 5.41) is 14.8. The summed E-state index contributed by atoms with van der Waals surface area (Å²) in [5.41, 5.74) is 2.34. The van der Waals surface area contributed by atoms with Gasteiger partial charge in [-0.15, -0.1) is 0 Å². The Labute approximate surface area is 203 Å². The minimum Gasteiger partial charge on any atom is -0.508 e. The molecular weight excluding hydrogens is 448 g/mol. The van der Waals surface area contributed by atoms with Crippen molar-refractivity contribution in [3.05, 3.63) is 102 Å². The SMILES string of the molecule is COC(=O)[C@@H](Cc1ccccc1)NC(=O)[C@H](Cc1ccc(O)cc1)NC(=O)OCc1ccccc1. The second-order valence-electron chi connectivity index (χ2n) is 7.90. The lowest BCUT2D eigenvalue weighted by atomic mass is 10.0. The van der Waals surface area contributed by atoms with Crippen molar-refractivity contribution >= 4 is 18.0 Å². The fourth-order valence-electron chi connectivity index (χ4n) is 3.44. The molecule has 0 bridgehead atoms. The number of carbonyl (C=O) groups excluding carboxylic acids is 3. The molecule has 8 nitrogen and oxygen atoms in total. The van der Waals surface area contributed by atoms with E-state index in [9.17, 15) is 19.5 Å². The van der Waals surface area contributed by atoms with Gasteiger partial charge < -0.3 is 25.2 Å². The van der Waals surface area contributed by atoms with Gasteiger partial charge in [0.15, 0.2) is 0 Å². The first-order chi connectivity index (χ1) is 16.9. The van der Waals surface area contributed by atoms with Crippen LogP contribution < -0.4 is 10.6 Å². The molecule has 2 amide bonds. The van der Waals surface area contributed by atoms with Gasteiger partial charge in [-0.05, 0) is 28.8 Å². The minimum absolute atomic E-state index is 0.0407. The van der Waals surface area contributed by atoms with E-state index in [1.165, 1.54) is 19.2 Å². The fraction of sp³-hybridized carbons (Fsp3) is 0.222. The lowest BCUT2D eigenvalue weighted by molar-refractivity contribution is -0.145. The summed E-state index contributed by atoms with van der Waals surface area (Å²) >= 11 is 0. The number of alkyl carbamates (subject to hydrolysis) is 1. The topological polar surface area (TPSA) is 114 Å². The monoisotopic (exact) mass is 476 g/mol. The van der Waals surface area contributed by atoms with Crippen LogP contribution in [0.25, 0.3) is 0 Å². The summed E-state index contributed by atoms with van der Waals surface area (Å²) in [5.74, 6) is -1.09. The average Bonchev–Trinajstić information content (AvgIpc) is 2.88. The maximum Gasteiger partial charge on any atom is 0.408 e. The van der Waals surface area contributed by atoms with Gasteiger partial charge in [-0.1, -0.05) is 72.8 Å². The zero-order chi connectivity index (χ0) is 25.0. The second kappa shape index (κ2) is 12.8. The molecule has 0 unspecified atom stereocenters. The van der Waals surface area contributed by atoms with E-state index >= 15 is 0 Å². The molecule has 35 heavy (non-hydrogen) atoms. The van der Waals surface area contributed by atoms with Crippen LogP contribution in [0.2, 0.25) is 0 Å². The molecule has 0 aromatic heterocycles. The molecule has 2 atom stereocenters. The normalized spacial score (nSPS) is 12.1. The van der Waals surface area contributed by atoms with Crippen LogP contribution in [-0.2, 0) is 38.5 Å². The van der Waals surface area contributed by atoms with Crippen molar-refractivity contribution in [2.45, 2.75) is 31.5 Å². The van der Waals surface area contributed by atoms with Gasteiger partial charge >= 0.3 is 12.1 Å². The highest BCUT2D eigenvalue weighted by Gasteiger charge is 2.28. The number of aromatic hydroxyl groups is 1. The Balaban J connectivity index is 1.72. The maximum atomic E-state index is 13.2. The van der Waals surface area contributed by atoms with Crippen LogP contribution in [0.15, 0.2) is 84.9 Å². The molecule has 0 spiro atoms. The molecule has 0 heterocycles. The van der Waals surface area contributed by atoms with E-state index in [2.05, 4.69) is 10.6 Å². The van der Waals surface area contributed by atoms with Gasteiger partial charge in [-0.3, -0.25) is 4.79 Å². The molecule has 0 aliphatic heterocycles. The van der Waals surface area contributed by atoms with Gasteiger partial charge in [0.1, 0.15) is 24.4 Å². The third kappa shape index (κ3) is 8.19. The van der Waals surface area contributed by atoms with Crippen molar-refractivity contribution < 1.29 is 29.0 Å². The molecule has 0 saturated carbocycles. The molecule has 0 saturated heterocycles. The van der Waals surface area contributed by atoms with Gasteiger partial charge in [-0.2, -0.15) is 0 Å². The molecule has 182 valence electrons. The number of esters is 1. The molecule has 3 aromatic rings. The van der Waals surface area contributed by atoms with Gasteiger partial charge in [-0.25, -0.2) is 9.59 Å². The fourth-order valence-corrected chi connectivity index (χ4v) is 3.44. The summed E-state index contributed by atoms with van der Waals surface area (Å²) in [6.07, 6.45) is -0.430. The molecule has 3 aromatic carbocycles. The van der Waals surface area contributed by atoms with Crippen LogP contribution in [0, 0.1) is 0 Å². The molecule has 0 aliphatic carbocycles. The number of ether oxygens (including phenoxy) is 2. The van der Waals surface area contributed by atoms with Crippen LogP contribution >= 0.6 is 0 Å². The van der Waals surface area contributed by atoms with Crippen LogP contribution in [0.1, 0.15) is 16.7 Å². The number of rotatable bonds is 10. The molecular formula is C27H28N2O6. The van der Waals surface area contributed by atoms with Crippen molar-refractivity contribution in [2.24, 2.45) is 0 Å². The largest absolute Gasteiger partial charge is 0.508 e. The third-order valence-electron chi connectivity index (χ3n) is 5.28. The molecule has 3 rings (SSSR count). The summed E-state index contributed by atoms with van der Waals surface area (Å²) in [6.45, 7) is 0.0407. The molecule has 0 radical (unpaired) electrons. The Hall–Kier alpha value is -4.33. The van der Waals surface area contributed by atoms with Gasteiger partial charge in [0.25, 0.3) is 0 Å². The quantitative estimate of drug-likeness (QED) is 0.388. The Morgan fingerprint density at radius 1 is 0.743 bits per heavy atom. The van der Waals surface area contributed by atoms with Crippen LogP contribution in [0.5, 0.6) is 5.75 Å². The second-order valence-corrected chi connectivity index (χ2v) is 7.90. The number of phenols is 1. The highest BCUT2D eigenvalue weighted by molar-refractivity contribution is 5.90.